The summed E-state index contributed by atoms with van der Waals surface area (Å²) in [5.74, 6) is 1.07. The summed E-state index contributed by atoms with van der Waals surface area (Å²) in [6.45, 7) is 2.97. The van der Waals surface area contributed by atoms with Gasteiger partial charge in [0.15, 0.2) is 0 Å². The number of rotatable bonds is 4. The van der Waals surface area contributed by atoms with Crippen LogP contribution in [0.15, 0.2) is 30.5 Å². The smallest absolute Gasteiger partial charge is 0.128 e. The molecule has 0 amide bonds. The molecule has 108 valence electrons. The van der Waals surface area contributed by atoms with Crippen LogP contribution in [0.3, 0.4) is 0 Å². The topological polar surface area (TPSA) is 52.0 Å². The van der Waals surface area contributed by atoms with Gasteiger partial charge in [-0.15, -0.1) is 11.3 Å². The molecule has 2 aromatic heterocycles. The molecule has 0 aromatic carbocycles. The first-order chi connectivity index (χ1) is 10.3. The van der Waals surface area contributed by atoms with Gasteiger partial charge in [-0.3, -0.25) is 0 Å². The molecular weight excluding hydrogens is 280 g/mol. The zero-order valence-corrected chi connectivity index (χ0v) is 12.7. The van der Waals surface area contributed by atoms with Crippen LogP contribution in [0, 0.1) is 11.3 Å². The molecule has 0 atom stereocenters. The second kappa shape index (κ2) is 6.59. The second-order valence-corrected chi connectivity index (χ2v) is 6.35. The molecule has 0 aliphatic carbocycles. The predicted octanol–water partition coefficient (Wildman–Crippen LogP) is 3.62. The van der Waals surface area contributed by atoms with Crippen molar-refractivity contribution in [3.05, 3.63) is 40.2 Å². The third-order valence-corrected chi connectivity index (χ3v) is 4.66. The van der Waals surface area contributed by atoms with Gasteiger partial charge in [0.1, 0.15) is 16.8 Å². The van der Waals surface area contributed by atoms with E-state index in [1.165, 1.54) is 30.6 Å². The van der Waals surface area contributed by atoms with E-state index >= 15 is 0 Å². The van der Waals surface area contributed by atoms with E-state index in [-0.39, 0.29) is 0 Å². The van der Waals surface area contributed by atoms with Crippen LogP contribution in [0.2, 0.25) is 0 Å². The van der Waals surface area contributed by atoms with E-state index < -0.39 is 0 Å². The predicted molar refractivity (Wildman–Crippen MR) is 86.7 cm³/mol. The highest BCUT2D eigenvalue weighted by Gasteiger charge is 2.11. The van der Waals surface area contributed by atoms with E-state index in [9.17, 15) is 0 Å². The summed E-state index contributed by atoms with van der Waals surface area (Å²) in [5.41, 5.74) is 1.02. The molecule has 21 heavy (non-hydrogen) atoms. The zero-order valence-electron chi connectivity index (χ0n) is 11.9. The average molecular weight is 298 g/mol. The van der Waals surface area contributed by atoms with Crippen molar-refractivity contribution in [3.8, 4) is 6.07 Å². The number of aromatic nitrogens is 1. The van der Waals surface area contributed by atoms with Gasteiger partial charge in [-0.2, -0.15) is 5.26 Å². The quantitative estimate of drug-likeness (QED) is 0.936. The first kappa shape index (κ1) is 13.9. The van der Waals surface area contributed by atoms with Crippen LogP contribution in [0.1, 0.15) is 29.0 Å². The van der Waals surface area contributed by atoms with E-state index in [0.29, 0.717) is 0 Å². The normalized spacial score (nSPS) is 14.7. The highest BCUT2D eigenvalue weighted by Crippen LogP contribution is 2.20. The first-order valence-corrected chi connectivity index (χ1v) is 8.10. The van der Waals surface area contributed by atoms with E-state index in [1.807, 2.05) is 18.3 Å². The van der Waals surface area contributed by atoms with Crippen LogP contribution in [0.4, 0.5) is 11.5 Å². The number of nitrogens with one attached hydrogen (secondary N) is 1. The number of thiophene rings is 1. The molecule has 1 aliphatic heterocycles. The summed E-state index contributed by atoms with van der Waals surface area (Å²) in [5, 5.41) is 12.2. The maximum Gasteiger partial charge on any atom is 0.128 e. The minimum Gasteiger partial charge on any atom is -0.379 e. The van der Waals surface area contributed by atoms with Crippen LogP contribution in [0.25, 0.3) is 0 Å². The second-order valence-electron chi connectivity index (χ2n) is 5.18. The lowest BCUT2D eigenvalue weighted by atomic mass is 10.1. The highest BCUT2D eigenvalue weighted by atomic mass is 32.1. The van der Waals surface area contributed by atoms with E-state index in [2.05, 4.69) is 33.4 Å². The molecule has 0 radical (unpaired) electrons. The average Bonchev–Trinajstić information content (AvgIpc) is 3.02. The standard InChI is InChI=1S/C16H18N4S/c17-10-14-5-6-15(21-14)12-18-13-4-7-16(19-11-13)20-8-2-1-3-9-20/h4-7,11,18H,1-3,8-9,12H2. The highest BCUT2D eigenvalue weighted by molar-refractivity contribution is 7.12. The summed E-state index contributed by atoms with van der Waals surface area (Å²) in [6, 6.07) is 10.2. The van der Waals surface area contributed by atoms with Gasteiger partial charge in [-0.25, -0.2) is 4.98 Å². The van der Waals surface area contributed by atoms with Gasteiger partial charge in [-0.05, 0) is 43.5 Å². The molecule has 0 spiro atoms. The maximum atomic E-state index is 8.82. The Kier molecular flexibility index (Phi) is 4.37. The van der Waals surface area contributed by atoms with Gasteiger partial charge in [0.2, 0.25) is 0 Å². The number of pyridine rings is 1. The van der Waals surface area contributed by atoms with Crippen molar-refractivity contribution >= 4 is 22.8 Å². The minimum atomic E-state index is 0.733. The molecule has 2 aromatic rings. The molecular formula is C16H18N4S. The number of piperidine rings is 1. The first-order valence-electron chi connectivity index (χ1n) is 7.29. The third-order valence-electron chi connectivity index (χ3n) is 3.67. The van der Waals surface area contributed by atoms with Gasteiger partial charge in [-0.1, -0.05) is 0 Å². The van der Waals surface area contributed by atoms with Gasteiger partial charge in [0.25, 0.3) is 0 Å². The summed E-state index contributed by atoms with van der Waals surface area (Å²) < 4.78 is 0. The van der Waals surface area contributed by atoms with Crippen molar-refractivity contribution in [2.24, 2.45) is 0 Å². The SMILES string of the molecule is N#Cc1ccc(CNc2ccc(N3CCCCC3)nc2)s1. The Morgan fingerprint density at radius 3 is 2.71 bits per heavy atom. The fourth-order valence-corrected chi connectivity index (χ4v) is 3.27. The third kappa shape index (κ3) is 3.53. The van der Waals surface area contributed by atoms with Crippen molar-refractivity contribution in [2.75, 3.05) is 23.3 Å². The van der Waals surface area contributed by atoms with Gasteiger partial charge in [0.05, 0.1) is 11.9 Å². The minimum absolute atomic E-state index is 0.733. The molecule has 0 bridgehead atoms. The molecule has 0 unspecified atom stereocenters. The summed E-state index contributed by atoms with van der Waals surface area (Å²) >= 11 is 1.53. The van der Waals surface area contributed by atoms with Crippen LogP contribution >= 0.6 is 11.3 Å². The van der Waals surface area contributed by atoms with Crippen LogP contribution in [0.5, 0.6) is 0 Å². The van der Waals surface area contributed by atoms with Crippen LogP contribution < -0.4 is 10.2 Å². The Balaban J connectivity index is 1.58. The zero-order chi connectivity index (χ0) is 14.5. The summed E-state index contributed by atoms with van der Waals surface area (Å²) in [7, 11) is 0. The van der Waals surface area contributed by atoms with E-state index in [0.717, 1.165) is 40.9 Å². The molecule has 3 heterocycles. The van der Waals surface area contributed by atoms with Gasteiger partial charge < -0.3 is 10.2 Å². The largest absolute Gasteiger partial charge is 0.379 e. The molecule has 1 N–H and O–H groups in total. The Morgan fingerprint density at radius 1 is 1.19 bits per heavy atom. The van der Waals surface area contributed by atoms with Gasteiger partial charge in [0, 0.05) is 24.5 Å². The lowest BCUT2D eigenvalue weighted by molar-refractivity contribution is 0.573. The number of hydrogen-bond donors (Lipinski definition) is 1. The van der Waals surface area contributed by atoms with Crippen molar-refractivity contribution in [1.29, 1.82) is 5.26 Å². The molecule has 1 fully saturated rings. The van der Waals surface area contributed by atoms with E-state index in [4.69, 9.17) is 5.26 Å². The number of nitrogens with zero attached hydrogens (tertiary/aromatic N) is 3. The van der Waals surface area contributed by atoms with Crippen LogP contribution in [-0.4, -0.2) is 18.1 Å². The monoisotopic (exact) mass is 298 g/mol. The molecule has 4 nitrogen and oxygen atoms in total. The molecule has 3 rings (SSSR count). The molecule has 5 heteroatoms. The van der Waals surface area contributed by atoms with Gasteiger partial charge >= 0.3 is 0 Å². The summed E-state index contributed by atoms with van der Waals surface area (Å²) in [6.07, 6.45) is 5.76. The summed E-state index contributed by atoms with van der Waals surface area (Å²) in [4.78, 5) is 8.82. The Hall–Kier alpha value is -2.06. The molecule has 1 aliphatic rings. The van der Waals surface area contributed by atoms with Crippen molar-refractivity contribution in [2.45, 2.75) is 25.8 Å². The lowest BCUT2D eigenvalue weighted by Crippen LogP contribution is -2.30. The number of nitriles is 1. The maximum absolute atomic E-state index is 8.82. The van der Waals surface area contributed by atoms with Crippen molar-refractivity contribution in [3.63, 3.8) is 0 Å². The van der Waals surface area contributed by atoms with Crippen molar-refractivity contribution < 1.29 is 0 Å². The Morgan fingerprint density at radius 2 is 2.05 bits per heavy atom. The number of anilines is 2. The van der Waals surface area contributed by atoms with Crippen LogP contribution in [-0.2, 0) is 6.54 Å². The Labute approximate surface area is 129 Å². The molecule has 0 saturated carbocycles. The fourth-order valence-electron chi connectivity index (χ4n) is 2.52. The van der Waals surface area contributed by atoms with E-state index in [1.54, 1.807) is 0 Å². The number of hydrogen-bond acceptors (Lipinski definition) is 5. The lowest BCUT2D eigenvalue weighted by Gasteiger charge is -2.27. The molecule has 1 saturated heterocycles. The Bertz CT molecular complexity index is 620. The van der Waals surface area contributed by atoms with Crippen molar-refractivity contribution in [1.82, 2.24) is 4.98 Å². The fraction of sp³-hybridized carbons (Fsp3) is 0.375.